The van der Waals surface area contributed by atoms with Crippen molar-refractivity contribution < 1.29 is 22.8 Å². The largest absolute Gasteiger partial charge is 0.347 e. The molecule has 0 aliphatic carbocycles. The number of aromatic nitrogens is 1. The highest BCUT2D eigenvalue weighted by Gasteiger charge is 2.14. The molecule has 0 saturated carbocycles. The highest BCUT2D eigenvalue weighted by molar-refractivity contribution is 6.03. The molecular weight excluding hydrogens is 371 g/mol. The van der Waals surface area contributed by atoms with E-state index in [1.54, 1.807) is 0 Å². The maximum Gasteiger partial charge on any atom is 0.274 e. The first-order chi connectivity index (χ1) is 13.4. The predicted octanol–water partition coefficient (Wildman–Crippen LogP) is 3.68. The zero-order valence-corrected chi connectivity index (χ0v) is 14.4. The van der Waals surface area contributed by atoms with E-state index in [1.165, 1.54) is 42.5 Å². The SMILES string of the molecule is O=C(NCc1ccc(F)cc1)c1cccc(C(=O)Nc2ccc(F)cc2F)n1. The summed E-state index contributed by atoms with van der Waals surface area (Å²) in [7, 11) is 0. The number of nitrogens with zero attached hydrogens (tertiary/aromatic N) is 1. The van der Waals surface area contributed by atoms with Crippen molar-refractivity contribution >= 4 is 17.5 Å². The van der Waals surface area contributed by atoms with Crippen LogP contribution in [0.15, 0.2) is 60.7 Å². The number of hydrogen-bond donors (Lipinski definition) is 2. The Bertz CT molecular complexity index is 1020. The molecule has 2 amide bonds. The lowest BCUT2D eigenvalue weighted by Crippen LogP contribution is -2.25. The summed E-state index contributed by atoms with van der Waals surface area (Å²) in [5.41, 5.74) is 0.349. The van der Waals surface area contributed by atoms with Crippen molar-refractivity contribution in [2.75, 3.05) is 5.32 Å². The van der Waals surface area contributed by atoms with E-state index in [2.05, 4.69) is 15.6 Å². The van der Waals surface area contributed by atoms with Gasteiger partial charge in [0, 0.05) is 12.6 Å². The van der Waals surface area contributed by atoms with Crippen molar-refractivity contribution in [2.24, 2.45) is 0 Å². The first-order valence-electron chi connectivity index (χ1n) is 8.18. The third kappa shape index (κ3) is 4.73. The van der Waals surface area contributed by atoms with Crippen molar-refractivity contribution in [1.29, 1.82) is 0 Å². The van der Waals surface area contributed by atoms with Gasteiger partial charge >= 0.3 is 0 Å². The molecule has 8 heteroatoms. The van der Waals surface area contributed by atoms with Gasteiger partial charge in [0.05, 0.1) is 5.69 Å². The molecule has 3 aromatic rings. The molecule has 0 aliphatic rings. The summed E-state index contributed by atoms with van der Waals surface area (Å²) < 4.78 is 39.5. The minimum absolute atomic E-state index is 0.0191. The predicted molar refractivity (Wildman–Crippen MR) is 96.1 cm³/mol. The number of carbonyl (C=O) groups is 2. The van der Waals surface area contributed by atoms with Crippen molar-refractivity contribution in [3.05, 3.63) is 95.1 Å². The second kappa shape index (κ2) is 8.34. The fourth-order valence-electron chi connectivity index (χ4n) is 2.34. The van der Waals surface area contributed by atoms with Gasteiger partial charge in [-0.25, -0.2) is 18.2 Å². The Balaban J connectivity index is 1.67. The topological polar surface area (TPSA) is 71.1 Å². The highest BCUT2D eigenvalue weighted by atomic mass is 19.1. The molecule has 1 aromatic heterocycles. The van der Waals surface area contributed by atoms with E-state index in [0.717, 1.165) is 12.1 Å². The van der Waals surface area contributed by atoms with E-state index in [1.807, 2.05) is 0 Å². The van der Waals surface area contributed by atoms with Gasteiger partial charge in [-0.2, -0.15) is 0 Å². The average molecular weight is 385 g/mol. The number of amides is 2. The molecule has 142 valence electrons. The number of nitrogens with one attached hydrogen (secondary N) is 2. The fraction of sp³-hybridized carbons (Fsp3) is 0.0500. The summed E-state index contributed by atoms with van der Waals surface area (Å²) >= 11 is 0. The van der Waals surface area contributed by atoms with E-state index in [4.69, 9.17) is 0 Å². The average Bonchev–Trinajstić information content (AvgIpc) is 2.69. The molecule has 0 bridgehead atoms. The smallest absolute Gasteiger partial charge is 0.274 e. The van der Waals surface area contributed by atoms with Crippen LogP contribution in [0.2, 0.25) is 0 Å². The summed E-state index contributed by atoms with van der Waals surface area (Å²) in [5.74, 6) is -3.37. The van der Waals surface area contributed by atoms with Crippen molar-refractivity contribution in [1.82, 2.24) is 10.3 Å². The van der Waals surface area contributed by atoms with Crippen molar-refractivity contribution in [3.8, 4) is 0 Å². The Morgan fingerprint density at radius 2 is 1.46 bits per heavy atom. The number of rotatable bonds is 5. The van der Waals surface area contributed by atoms with Gasteiger partial charge < -0.3 is 10.6 Å². The van der Waals surface area contributed by atoms with Gasteiger partial charge in [-0.15, -0.1) is 0 Å². The van der Waals surface area contributed by atoms with Gasteiger partial charge in [0.1, 0.15) is 28.8 Å². The van der Waals surface area contributed by atoms with Crippen LogP contribution in [0.5, 0.6) is 0 Å². The molecule has 0 unspecified atom stereocenters. The normalized spacial score (nSPS) is 10.4. The Morgan fingerprint density at radius 3 is 2.14 bits per heavy atom. The van der Waals surface area contributed by atoms with Gasteiger partial charge in [-0.3, -0.25) is 9.59 Å². The second-order valence-electron chi connectivity index (χ2n) is 5.80. The Kier molecular flexibility index (Phi) is 5.69. The van der Waals surface area contributed by atoms with Crippen LogP contribution >= 0.6 is 0 Å². The Morgan fingerprint density at radius 1 is 0.821 bits per heavy atom. The summed E-state index contributed by atoms with van der Waals surface area (Å²) in [6, 6.07) is 12.6. The van der Waals surface area contributed by atoms with Gasteiger partial charge in [0.2, 0.25) is 0 Å². The molecule has 0 spiro atoms. The molecule has 0 radical (unpaired) electrons. The zero-order chi connectivity index (χ0) is 20.1. The van der Waals surface area contributed by atoms with Crippen LogP contribution in [0, 0.1) is 17.5 Å². The van der Waals surface area contributed by atoms with Crippen LogP contribution in [-0.2, 0) is 6.54 Å². The Hall–Kier alpha value is -3.68. The van der Waals surface area contributed by atoms with Crippen molar-refractivity contribution in [2.45, 2.75) is 6.54 Å². The first kappa shape index (κ1) is 19.1. The van der Waals surface area contributed by atoms with Crippen LogP contribution in [-0.4, -0.2) is 16.8 Å². The third-order valence-electron chi connectivity index (χ3n) is 3.76. The quantitative estimate of drug-likeness (QED) is 0.704. The summed E-state index contributed by atoms with van der Waals surface area (Å²) in [4.78, 5) is 28.4. The molecule has 0 fully saturated rings. The van der Waals surface area contributed by atoms with E-state index in [0.29, 0.717) is 11.6 Å². The summed E-state index contributed by atoms with van der Waals surface area (Å²) in [5, 5.41) is 4.88. The molecule has 0 saturated heterocycles. The van der Waals surface area contributed by atoms with Crippen LogP contribution in [0.1, 0.15) is 26.5 Å². The first-order valence-corrected chi connectivity index (χ1v) is 8.18. The summed E-state index contributed by atoms with van der Waals surface area (Å²) in [6.45, 7) is 0.151. The number of carbonyl (C=O) groups excluding carboxylic acids is 2. The second-order valence-corrected chi connectivity index (χ2v) is 5.80. The minimum Gasteiger partial charge on any atom is -0.347 e. The van der Waals surface area contributed by atoms with Gasteiger partial charge in [-0.1, -0.05) is 18.2 Å². The fourth-order valence-corrected chi connectivity index (χ4v) is 2.34. The lowest BCUT2D eigenvalue weighted by Gasteiger charge is -2.08. The van der Waals surface area contributed by atoms with Gasteiger partial charge in [0.25, 0.3) is 11.8 Å². The van der Waals surface area contributed by atoms with Crippen LogP contribution in [0.4, 0.5) is 18.9 Å². The molecule has 0 aliphatic heterocycles. The molecule has 2 N–H and O–H groups in total. The molecule has 3 rings (SSSR count). The monoisotopic (exact) mass is 385 g/mol. The van der Waals surface area contributed by atoms with Crippen molar-refractivity contribution in [3.63, 3.8) is 0 Å². The lowest BCUT2D eigenvalue weighted by molar-refractivity contribution is 0.0945. The van der Waals surface area contributed by atoms with E-state index in [-0.39, 0.29) is 29.4 Å². The molecular formula is C20H14F3N3O2. The number of hydrogen-bond acceptors (Lipinski definition) is 3. The zero-order valence-electron chi connectivity index (χ0n) is 14.4. The number of pyridine rings is 1. The molecule has 2 aromatic carbocycles. The third-order valence-corrected chi connectivity index (χ3v) is 3.76. The molecule has 0 atom stereocenters. The molecule has 5 nitrogen and oxygen atoms in total. The van der Waals surface area contributed by atoms with E-state index >= 15 is 0 Å². The Labute approximate surface area is 158 Å². The van der Waals surface area contributed by atoms with Crippen LogP contribution in [0.3, 0.4) is 0 Å². The molecule has 28 heavy (non-hydrogen) atoms. The van der Waals surface area contributed by atoms with Gasteiger partial charge in [0.15, 0.2) is 0 Å². The number of halogens is 3. The number of anilines is 1. The van der Waals surface area contributed by atoms with Crippen LogP contribution < -0.4 is 10.6 Å². The van der Waals surface area contributed by atoms with E-state index in [9.17, 15) is 22.8 Å². The minimum atomic E-state index is -0.929. The molecule has 1 heterocycles. The lowest BCUT2D eigenvalue weighted by atomic mass is 10.2. The number of benzene rings is 2. The highest BCUT2D eigenvalue weighted by Crippen LogP contribution is 2.16. The van der Waals surface area contributed by atoms with E-state index < -0.39 is 23.4 Å². The summed E-state index contributed by atoms with van der Waals surface area (Å²) in [6.07, 6.45) is 0. The maximum atomic E-state index is 13.7. The van der Waals surface area contributed by atoms with Crippen LogP contribution in [0.25, 0.3) is 0 Å². The maximum absolute atomic E-state index is 13.7. The standard InChI is InChI=1S/C20H14F3N3O2/c21-13-6-4-12(5-7-13)11-24-19(27)17-2-1-3-18(25-17)20(28)26-16-9-8-14(22)10-15(16)23/h1-10H,11H2,(H,24,27)(H,26,28). The van der Waals surface area contributed by atoms with Gasteiger partial charge in [-0.05, 0) is 42.0 Å².